The number of hydrogen-bond donors (Lipinski definition) is 2. The van der Waals surface area contributed by atoms with E-state index in [9.17, 15) is 19.8 Å². The summed E-state index contributed by atoms with van der Waals surface area (Å²) in [5, 5.41) is 25.1. The van der Waals surface area contributed by atoms with E-state index in [1.54, 1.807) is 45.6 Å². The fraction of sp³-hybridized carbons (Fsp3) is 0.758. The van der Waals surface area contributed by atoms with Crippen LogP contribution in [0.2, 0.25) is 0 Å². The fourth-order valence-corrected chi connectivity index (χ4v) is 12.3. The van der Waals surface area contributed by atoms with E-state index < -0.39 is 64.8 Å². The standard InChI is InChI=1S/C33H45NO10/c1-17(35)44-33-21-19(14-31(38,28(42-6)26(33)36)27(21)43-29(37)18-10-8-7-9-11-18)32-20(40-4)12-13-30(16-39-3)15-34(2)25(32)22(33)23(41-5)24(30)32/h7-11,19-28,36,38H,12-16H2,1-6H3/t19-,20+,21-,22?,23+,24-,25-,26+,27-,28+,30+,31-,32+,33-/m0/s1. The Kier molecular flexibility index (Phi) is 7.07. The summed E-state index contributed by atoms with van der Waals surface area (Å²) in [6.45, 7) is 2.56. The number of benzene rings is 1. The predicted molar refractivity (Wildman–Crippen MR) is 154 cm³/mol. The summed E-state index contributed by atoms with van der Waals surface area (Å²) in [6, 6.07) is 8.39. The van der Waals surface area contributed by atoms with E-state index >= 15 is 0 Å². The van der Waals surface area contributed by atoms with Crippen molar-refractivity contribution in [2.24, 2.45) is 34.5 Å². The molecule has 0 radical (unpaired) electrons. The van der Waals surface area contributed by atoms with Gasteiger partial charge in [-0.25, -0.2) is 4.79 Å². The number of rotatable bonds is 8. The SMILES string of the molecule is COC[C@]12CC[C@@H](OC)[C@@]34[C@H](C([C@@H](OC)[C@@H]13)[C@@]1(OC(C)=O)[C@@H]3[C@H](OC(=O)c5ccccc5)[C@@](O)(C[C@@H]34)[C@H](OC)[C@H]1O)N(C)C2. The second-order valence-electron chi connectivity index (χ2n) is 14.2. The first kappa shape index (κ1) is 30.5. The monoisotopic (exact) mass is 615 g/mol. The van der Waals surface area contributed by atoms with Crippen LogP contribution in [0.15, 0.2) is 30.3 Å². The zero-order chi connectivity index (χ0) is 31.4. The quantitative estimate of drug-likeness (QED) is 0.410. The number of likely N-dealkylation sites (tertiary alicyclic amines) is 1. The summed E-state index contributed by atoms with van der Waals surface area (Å²) >= 11 is 0. The Balaban J connectivity index is 1.51. The van der Waals surface area contributed by atoms with Crippen LogP contribution in [0.1, 0.15) is 36.5 Å². The highest BCUT2D eigenvalue weighted by Gasteiger charge is 2.91. The molecule has 1 heterocycles. The second-order valence-corrected chi connectivity index (χ2v) is 14.2. The molecule has 44 heavy (non-hydrogen) atoms. The van der Waals surface area contributed by atoms with E-state index in [4.69, 9.17) is 28.4 Å². The Bertz CT molecular complexity index is 1310. The van der Waals surface area contributed by atoms with Crippen LogP contribution in [0.4, 0.5) is 0 Å². The van der Waals surface area contributed by atoms with Gasteiger partial charge in [0, 0.05) is 76.5 Å². The van der Waals surface area contributed by atoms with E-state index in [1.807, 2.05) is 6.07 Å². The smallest absolute Gasteiger partial charge is 0.338 e. The highest BCUT2D eigenvalue weighted by atomic mass is 16.6. The molecule has 6 fully saturated rings. The number of methoxy groups -OCH3 is 4. The van der Waals surface area contributed by atoms with Gasteiger partial charge in [-0.1, -0.05) is 18.2 Å². The number of aliphatic hydroxyl groups is 2. The summed E-state index contributed by atoms with van der Waals surface area (Å²) in [4.78, 5) is 29.2. The minimum Gasteiger partial charge on any atom is -0.455 e. The molecule has 7 rings (SSSR count). The average molecular weight is 616 g/mol. The summed E-state index contributed by atoms with van der Waals surface area (Å²) in [6.07, 6.45) is -2.66. The molecule has 6 aliphatic rings. The van der Waals surface area contributed by atoms with Crippen molar-refractivity contribution >= 4 is 11.9 Å². The molecule has 1 unspecified atom stereocenters. The molecule has 1 aliphatic heterocycles. The first-order valence-electron chi connectivity index (χ1n) is 15.7. The maximum atomic E-state index is 13.7. The number of ether oxygens (including phenoxy) is 6. The summed E-state index contributed by atoms with van der Waals surface area (Å²) in [7, 11) is 8.63. The molecule has 1 aromatic rings. The molecular formula is C33H45NO10. The van der Waals surface area contributed by atoms with Gasteiger partial charge in [-0.05, 0) is 44.4 Å². The van der Waals surface area contributed by atoms with Crippen LogP contribution >= 0.6 is 0 Å². The van der Waals surface area contributed by atoms with Gasteiger partial charge in [-0.2, -0.15) is 0 Å². The third-order valence-electron chi connectivity index (χ3n) is 12.8. The summed E-state index contributed by atoms with van der Waals surface area (Å²) in [5.41, 5.74) is -3.93. The van der Waals surface area contributed by atoms with Crippen molar-refractivity contribution in [1.29, 1.82) is 0 Å². The molecular weight excluding hydrogens is 570 g/mol. The first-order valence-corrected chi connectivity index (χ1v) is 15.7. The summed E-state index contributed by atoms with van der Waals surface area (Å²) in [5.74, 6) is -2.96. The lowest BCUT2D eigenvalue weighted by atomic mass is 9.43. The third-order valence-corrected chi connectivity index (χ3v) is 12.8. The van der Waals surface area contributed by atoms with Crippen LogP contribution in [0, 0.1) is 34.5 Å². The average Bonchev–Trinajstić information content (AvgIpc) is 3.39. The fourth-order valence-electron chi connectivity index (χ4n) is 12.3. The Morgan fingerprint density at radius 2 is 1.75 bits per heavy atom. The minimum atomic E-state index is -1.76. The molecule has 1 aromatic carbocycles. The molecule has 242 valence electrons. The van der Waals surface area contributed by atoms with Gasteiger partial charge < -0.3 is 43.5 Å². The maximum Gasteiger partial charge on any atom is 0.338 e. The Morgan fingerprint density at radius 1 is 1.02 bits per heavy atom. The van der Waals surface area contributed by atoms with E-state index in [1.165, 1.54) is 14.0 Å². The third kappa shape index (κ3) is 3.41. The summed E-state index contributed by atoms with van der Waals surface area (Å²) < 4.78 is 37.5. The molecule has 0 amide bonds. The molecule has 11 nitrogen and oxygen atoms in total. The number of fused-ring (bicyclic) bond motifs is 2. The number of carbonyl (C=O) groups excluding carboxylic acids is 2. The van der Waals surface area contributed by atoms with E-state index in [0.29, 0.717) is 12.2 Å². The highest BCUT2D eigenvalue weighted by Crippen LogP contribution is 2.80. The van der Waals surface area contributed by atoms with Gasteiger partial charge in [-0.3, -0.25) is 4.79 Å². The largest absolute Gasteiger partial charge is 0.455 e. The maximum absolute atomic E-state index is 13.7. The van der Waals surface area contributed by atoms with Crippen LogP contribution in [-0.4, -0.2) is 123 Å². The molecule has 11 heteroatoms. The second kappa shape index (κ2) is 10.2. The Hall–Kier alpha value is -2.12. The Labute approximate surface area is 258 Å². The van der Waals surface area contributed by atoms with Crippen molar-refractivity contribution in [3.05, 3.63) is 35.9 Å². The van der Waals surface area contributed by atoms with Gasteiger partial charge >= 0.3 is 11.9 Å². The molecule has 0 aromatic heterocycles. The predicted octanol–water partition coefficient (Wildman–Crippen LogP) is 1.29. The normalized spacial score (nSPS) is 49.9. The zero-order valence-corrected chi connectivity index (χ0v) is 26.3. The number of nitrogens with zero attached hydrogens (tertiary/aromatic N) is 1. The molecule has 5 saturated carbocycles. The topological polar surface area (TPSA) is 133 Å². The van der Waals surface area contributed by atoms with Gasteiger partial charge in [0.05, 0.1) is 24.4 Å². The first-order chi connectivity index (χ1) is 21.0. The number of piperidine rings is 1. The van der Waals surface area contributed by atoms with Gasteiger partial charge in [0.1, 0.15) is 23.9 Å². The lowest BCUT2D eigenvalue weighted by Crippen LogP contribution is -2.80. The lowest BCUT2D eigenvalue weighted by Gasteiger charge is -2.69. The molecule has 2 N–H and O–H groups in total. The Morgan fingerprint density at radius 3 is 2.36 bits per heavy atom. The number of carbonyl (C=O) groups is 2. The number of esters is 2. The number of aliphatic hydroxyl groups excluding tert-OH is 1. The van der Waals surface area contributed by atoms with Gasteiger partial charge in [0.25, 0.3) is 0 Å². The van der Waals surface area contributed by atoms with Gasteiger partial charge in [-0.15, -0.1) is 0 Å². The van der Waals surface area contributed by atoms with Crippen molar-refractivity contribution in [2.45, 2.75) is 73.9 Å². The van der Waals surface area contributed by atoms with Crippen molar-refractivity contribution in [3.63, 3.8) is 0 Å². The molecule has 14 atom stereocenters. The van der Waals surface area contributed by atoms with Crippen molar-refractivity contribution < 1.29 is 48.2 Å². The molecule has 7 bridgehead atoms. The van der Waals surface area contributed by atoms with Crippen molar-refractivity contribution in [3.8, 4) is 0 Å². The molecule has 1 saturated heterocycles. The van der Waals surface area contributed by atoms with Crippen LogP contribution in [0.25, 0.3) is 0 Å². The van der Waals surface area contributed by atoms with Crippen LogP contribution < -0.4 is 0 Å². The molecule has 1 spiro atoms. The van der Waals surface area contributed by atoms with Crippen molar-refractivity contribution in [1.82, 2.24) is 4.90 Å². The van der Waals surface area contributed by atoms with E-state index in [0.717, 1.165) is 19.4 Å². The van der Waals surface area contributed by atoms with Crippen molar-refractivity contribution in [2.75, 3.05) is 48.6 Å². The lowest BCUT2D eigenvalue weighted by molar-refractivity contribution is -0.316. The van der Waals surface area contributed by atoms with Crippen LogP contribution in [0.3, 0.4) is 0 Å². The van der Waals surface area contributed by atoms with E-state index in [-0.39, 0.29) is 35.8 Å². The van der Waals surface area contributed by atoms with Gasteiger partial charge in [0.15, 0.2) is 5.60 Å². The van der Waals surface area contributed by atoms with E-state index in [2.05, 4.69) is 11.9 Å². The van der Waals surface area contributed by atoms with Gasteiger partial charge in [0.2, 0.25) is 0 Å². The van der Waals surface area contributed by atoms with Crippen LogP contribution in [-0.2, 0) is 33.2 Å². The van der Waals surface area contributed by atoms with Crippen LogP contribution in [0.5, 0.6) is 0 Å². The highest BCUT2D eigenvalue weighted by molar-refractivity contribution is 5.89. The number of hydrogen-bond acceptors (Lipinski definition) is 11. The molecule has 5 aliphatic carbocycles. The zero-order valence-electron chi connectivity index (χ0n) is 26.3. The minimum absolute atomic E-state index is 0.103.